The lowest BCUT2D eigenvalue weighted by Crippen LogP contribution is -2.38. The number of amides is 1. The number of ether oxygens (including phenoxy) is 2. The number of aryl methyl sites for hydroxylation is 1. The minimum atomic E-state index is -0.465. The topological polar surface area (TPSA) is 62.2 Å². The number of rotatable bonds is 9. The quantitative estimate of drug-likeness (QED) is 0.721. The molecule has 1 N–H and O–H groups in total. The smallest absolute Gasteiger partial charge is 0.222 e. The fourth-order valence-electron chi connectivity index (χ4n) is 3.21. The third-order valence-electron chi connectivity index (χ3n) is 4.71. The van der Waals surface area contributed by atoms with Crippen molar-refractivity contribution in [1.82, 2.24) is 9.80 Å². The zero-order valence-electron chi connectivity index (χ0n) is 16.0. The summed E-state index contributed by atoms with van der Waals surface area (Å²) in [4.78, 5) is 16.7. The Balaban J connectivity index is 1.73. The highest BCUT2D eigenvalue weighted by Gasteiger charge is 2.20. The number of nitrogens with zero attached hydrogens (tertiary/aromatic N) is 2. The van der Waals surface area contributed by atoms with E-state index in [4.69, 9.17) is 9.47 Å². The largest absolute Gasteiger partial charge is 0.497 e. The molecule has 0 saturated carbocycles. The van der Waals surface area contributed by atoms with Crippen LogP contribution in [0.4, 0.5) is 0 Å². The van der Waals surface area contributed by atoms with Gasteiger partial charge in [-0.15, -0.1) is 0 Å². The lowest BCUT2D eigenvalue weighted by atomic mass is 10.1. The van der Waals surface area contributed by atoms with Gasteiger partial charge in [0.2, 0.25) is 5.91 Å². The lowest BCUT2D eigenvalue weighted by molar-refractivity contribution is -0.131. The van der Waals surface area contributed by atoms with Gasteiger partial charge in [0.15, 0.2) is 0 Å². The van der Waals surface area contributed by atoms with E-state index in [1.165, 1.54) is 0 Å². The molecule has 1 amide bonds. The van der Waals surface area contributed by atoms with Gasteiger partial charge in [0, 0.05) is 39.2 Å². The van der Waals surface area contributed by atoms with E-state index in [1.54, 1.807) is 7.11 Å². The number of carbonyl (C=O) groups excluding carboxylic acids is 1. The van der Waals surface area contributed by atoms with Crippen molar-refractivity contribution in [2.24, 2.45) is 0 Å². The number of aliphatic hydroxyl groups excluding tert-OH is 1. The standard InChI is InChI=1S/C20H32N2O4/c1-3-26-16-18(23)15-21-11-4-12-22(14-13-21)20(24)10-7-17-5-8-19(25-2)9-6-17/h5-6,8-9,18,23H,3-4,7,10-16H2,1-2H3. The van der Waals surface area contributed by atoms with Crippen molar-refractivity contribution in [1.29, 1.82) is 0 Å². The van der Waals surface area contributed by atoms with Crippen molar-refractivity contribution in [2.45, 2.75) is 32.3 Å². The summed E-state index contributed by atoms with van der Waals surface area (Å²) in [5, 5.41) is 9.99. The van der Waals surface area contributed by atoms with E-state index in [0.29, 0.717) is 26.2 Å². The monoisotopic (exact) mass is 364 g/mol. The fraction of sp³-hybridized carbons (Fsp3) is 0.650. The molecule has 0 radical (unpaired) electrons. The minimum Gasteiger partial charge on any atom is -0.497 e. The Hall–Kier alpha value is -1.63. The first kappa shape index (κ1) is 20.7. The Labute approximate surface area is 156 Å². The molecule has 1 aromatic rings. The molecule has 1 unspecified atom stereocenters. The molecule has 1 heterocycles. The first-order valence-corrected chi connectivity index (χ1v) is 9.51. The fourth-order valence-corrected chi connectivity index (χ4v) is 3.21. The Morgan fingerprint density at radius 2 is 1.96 bits per heavy atom. The number of hydrogen-bond donors (Lipinski definition) is 1. The number of carbonyl (C=O) groups is 1. The second-order valence-electron chi connectivity index (χ2n) is 6.70. The molecule has 0 spiro atoms. The SMILES string of the molecule is CCOCC(O)CN1CCCN(C(=O)CCc2ccc(OC)cc2)CC1. The summed E-state index contributed by atoms with van der Waals surface area (Å²) in [5.41, 5.74) is 1.15. The Morgan fingerprint density at radius 1 is 1.19 bits per heavy atom. The molecular weight excluding hydrogens is 332 g/mol. The second kappa shape index (κ2) is 11.2. The van der Waals surface area contributed by atoms with Crippen molar-refractivity contribution < 1.29 is 19.4 Å². The van der Waals surface area contributed by atoms with Crippen molar-refractivity contribution in [2.75, 3.05) is 53.0 Å². The van der Waals surface area contributed by atoms with Gasteiger partial charge in [-0.2, -0.15) is 0 Å². The summed E-state index contributed by atoms with van der Waals surface area (Å²) in [6.07, 6.45) is 1.75. The van der Waals surface area contributed by atoms with Crippen LogP contribution in [-0.4, -0.2) is 80.0 Å². The second-order valence-corrected chi connectivity index (χ2v) is 6.70. The van der Waals surface area contributed by atoms with E-state index in [9.17, 15) is 9.90 Å². The molecule has 26 heavy (non-hydrogen) atoms. The molecule has 0 aliphatic carbocycles. The third-order valence-corrected chi connectivity index (χ3v) is 4.71. The molecule has 1 atom stereocenters. The predicted molar refractivity (Wildman–Crippen MR) is 101 cm³/mol. The summed E-state index contributed by atoms with van der Waals surface area (Å²) in [6.45, 7) is 6.75. The molecule has 1 aliphatic heterocycles. The van der Waals surface area contributed by atoms with Crippen LogP contribution in [0.15, 0.2) is 24.3 Å². The van der Waals surface area contributed by atoms with Crippen LogP contribution < -0.4 is 4.74 Å². The zero-order valence-corrected chi connectivity index (χ0v) is 16.0. The summed E-state index contributed by atoms with van der Waals surface area (Å²) in [7, 11) is 1.65. The van der Waals surface area contributed by atoms with E-state index < -0.39 is 6.10 Å². The molecule has 1 aromatic carbocycles. The van der Waals surface area contributed by atoms with Crippen LogP contribution in [0.1, 0.15) is 25.3 Å². The molecule has 6 nitrogen and oxygen atoms in total. The number of β-amino-alcohol motifs (C(OH)–C–C–N with tert-alkyl or cyclic N) is 1. The predicted octanol–water partition coefficient (Wildman–Crippen LogP) is 1.56. The molecule has 1 saturated heterocycles. The Morgan fingerprint density at radius 3 is 2.65 bits per heavy atom. The van der Waals surface area contributed by atoms with Gasteiger partial charge in [-0.3, -0.25) is 9.69 Å². The lowest BCUT2D eigenvalue weighted by Gasteiger charge is -2.24. The van der Waals surface area contributed by atoms with Gasteiger partial charge in [-0.05, 0) is 44.0 Å². The average Bonchev–Trinajstić information content (AvgIpc) is 2.90. The summed E-state index contributed by atoms with van der Waals surface area (Å²) in [6, 6.07) is 7.88. The van der Waals surface area contributed by atoms with E-state index >= 15 is 0 Å². The van der Waals surface area contributed by atoms with E-state index in [2.05, 4.69) is 4.90 Å². The van der Waals surface area contributed by atoms with Crippen LogP contribution in [-0.2, 0) is 16.0 Å². The van der Waals surface area contributed by atoms with Gasteiger partial charge in [-0.1, -0.05) is 12.1 Å². The number of methoxy groups -OCH3 is 1. The first-order valence-electron chi connectivity index (χ1n) is 9.51. The molecule has 1 fully saturated rings. The Bertz CT molecular complexity index is 535. The molecule has 2 rings (SSSR count). The normalized spacial score (nSPS) is 17.0. The molecule has 6 heteroatoms. The van der Waals surface area contributed by atoms with E-state index in [-0.39, 0.29) is 5.91 Å². The highest BCUT2D eigenvalue weighted by atomic mass is 16.5. The molecule has 1 aliphatic rings. The first-order chi connectivity index (χ1) is 12.6. The summed E-state index contributed by atoms with van der Waals surface area (Å²) < 4.78 is 10.4. The minimum absolute atomic E-state index is 0.206. The van der Waals surface area contributed by atoms with Gasteiger partial charge in [0.25, 0.3) is 0 Å². The van der Waals surface area contributed by atoms with Crippen LogP contribution in [0.2, 0.25) is 0 Å². The summed E-state index contributed by atoms with van der Waals surface area (Å²) in [5.74, 6) is 1.04. The molecule has 0 bridgehead atoms. The van der Waals surface area contributed by atoms with Crippen LogP contribution in [0.5, 0.6) is 5.75 Å². The third kappa shape index (κ3) is 6.94. The average molecular weight is 364 g/mol. The Kier molecular flexibility index (Phi) is 8.88. The van der Waals surface area contributed by atoms with Crippen molar-refractivity contribution in [3.63, 3.8) is 0 Å². The van der Waals surface area contributed by atoms with E-state index in [0.717, 1.165) is 50.3 Å². The van der Waals surface area contributed by atoms with Crippen molar-refractivity contribution in [3.8, 4) is 5.75 Å². The molecule has 146 valence electrons. The number of benzene rings is 1. The van der Waals surface area contributed by atoms with Crippen molar-refractivity contribution >= 4 is 5.91 Å². The maximum atomic E-state index is 12.5. The van der Waals surface area contributed by atoms with E-state index in [1.807, 2.05) is 36.1 Å². The maximum Gasteiger partial charge on any atom is 0.222 e. The number of hydrogen-bond acceptors (Lipinski definition) is 5. The van der Waals surface area contributed by atoms with Crippen LogP contribution >= 0.6 is 0 Å². The maximum absolute atomic E-state index is 12.5. The molecular formula is C20H32N2O4. The van der Waals surface area contributed by atoms with Crippen LogP contribution in [0, 0.1) is 0 Å². The number of aliphatic hydroxyl groups is 1. The summed E-state index contributed by atoms with van der Waals surface area (Å²) >= 11 is 0. The van der Waals surface area contributed by atoms with Crippen LogP contribution in [0.3, 0.4) is 0 Å². The highest BCUT2D eigenvalue weighted by molar-refractivity contribution is 5.76. The highest BCUT2D eigenvalue weighted by Crippen LogP contribution is 2.14. The van der Waals surface area contributed by atoms with Crippen LogP contribution in [0.25, 0.3) is 0 Å². The van der Waals surface area contributed by atoms with Gasteiger partial charge >= 0.3 is 0 Å². The molecule has 0 aromatic heterocycles. The van der Waals surface area contributed by atoms with Crippen molar-refractivity contribution in [3.05, 3.63) is 29.8 Å². The van der Waals surface area contributed by atoms with Gasteiger partial charge in [0.05, 0.1) is 19.8 Å². The zero-order chi connectivity index (χ0) is 18.8. The van der Waals surface area contributed by atoms with Gasteiger partial charge in [-0.25, -0.2) is 0 Å². The van der Waals surface area contributed by atoms with Gasteiger partial charge < -0.3 is 19.5 Å². The van der Waals surface area contributed by atoms with Gasteiger partial charge in [0.1, 0.15) is 5.75 Å².